The topological polar surface area (TPSA) is 49.3 Å². The number of anilines is 1. The number of hydrogen-bond acceptors (Lipinski definition) is 2. The highest BCUT2D eigenvalue weighted by atomic mass is 35.5. The molecule has 0 bridgehead atoms. The fraction of sp³-hybridized carbons (Fsp3) is 0.222. The molecule has 3 nitrogen and oxygen atoms in total. The van der Waals surface area contributed by atoms with Gasteiger partial charge >= 0.3 is 0 Å². The summed E-state index contributed by atoms with van der Waals surface area (Å²) in [6.45, 7) is 1.49. The normalized spacial score (nSPS) is 6.33. The number of para-hydroxylation sites is 1. The minimum Gasteiger partial charge on any atom is -0.400 e. The minimum absolute atomic E-state index is 0. The smallest absolute Gasteiger partial charge is 0.221 e. The van der Waals surface area contributed by atoms with Crippen LogP contribution in [-0.2, 0) is 4.79 Å². The molecule has 1 aromatic rings. The molecule has 6 heteroatoms. The van der Waals surface area contributed by atoms with Gasteiger partial charge in [-0.25, -0.2) is 0 Å². The lowest BCUT2D eigenvalue weighted by Gasteiger charge is -1.98. The van der Waals surface area contributed by atoms with E-state index in [1.165, 1.54) is 6.92 Å². The van der Waals surface area contributed by atoms with Crippen molar-refractivity contribution in [1.82, 2.24) is 0 Å². The number of carbonyl (C=O) groups is 1. The summed E-state index contributed by atoms with van der Waals surface area (Å²) in [4.78, 5) is 10.5. The molecule has 0 unspecified atom stereocenters. The Morgan fingerprint density at radius 1 is 1.07 bits per heavy atom. The van der Waals surface area contributed by atoms with Crippen molar-refractivity contribution in [3.63, 3.8) is 0 Å². The molecule has 1 rings (SSSR count). The van der Waals surface area contributed by atoms with Gasteiger partial charge in [0.05, 0.1) is 0 Å². The Morgan fingerprint density at radius 3 is 1.80 bits per heavy atom. The molecule has 0 fully saturated rings. The molecule has 2 N–H and O–H groups in total. The lowest BCUT2D eigenvalue weighted by atomic mass is 10.3. The predicted molar refractivity (Wildman–Crippen MR) is 70.6 cm³/mol. The fourth-order valence-electron chi connectivity index (χ4n) is 0.725. The maximum atomic E-state index is 10.5. The van der Waals surface area contributed by atoms with Crippen LogP contribution in [0.2, 0.25) is 0 Å². The molecule has 0 aliphatic rings. The second-order valence-corrected chi connectivity index (χ2v) is 2.05. The van der Waals surface area contributed by atoms with Gasteiger partial charge in [-0.15, -0.1) is 37.2 Å². The Labute approximate surface area is 108 Å². The molecular formula is C9H16Cl3NO2. The van der Waals surface area contributed by atoms with Gasteiger partial charge in [-0.2, -0.15) is 0 Å². The molecule has 90 valence electrons. The first-order valence-corrected chi connectivity index (χ1v) is 3.56. The van der Waals surface area contributed by atoms with Gasteiger partial charge < -0.3 is 10.4 Å². The number of aliphatic hydroxyl groups is 1. The lowest BCUT2D eigenvalue weighted by Crippen LogP contribution is -2.04. The number of aliphatic hydroxyl groups excluding tert-OH is 1. The second kappa shape index (κ2) is 16.0. The molecule has 0 atom stereocenters. The van der Waals surface area contributed by atoms with Crippen molar-refractivity contribution in [1.29, 1.82) is 0 Å². The molecule has 0 aromatic heterocycles. The molecule has 0 saturated heterocycles. The molecule has 0 heterocycles. The molecule has 1 aromatic carbocycles. The van der Waals surface area contributed by atoms with Crippen molar-refractivity contribution in [2.75, 3.05) is 12.4 Å². The first kappa shape index (κ1) is 24.0. The molecule has 0 radical (unpaired) electrons. The molecular weight excluding hydrogens is 260 g/mol. The van der Waals surface area contributed by atoms with Crippen LogP contribution in [0.1, 0.15) is 6.92 Å². The van der Waals surface area contributed by atoms with Crippen molar-refractivity contribution in [3.8, 4) is 0 Å². The van der Waals surface area contributed by atoms with Gasteiger partial charge in [0.1, 0.15) is 0 Å². The number of benzene rings is 1. The van der Waals surface area contributed by atoms with Gasteiger partial charge in [0, 0.05) is 19.7 Å². The third-order valence-corrected chi connectivity index (χ3v) is 1.09. The Hall–Kier alpha value is -0.480. The third-order valence-electron chi connectivity index (χ3n) is 1.09. The molecule has 0 saturated carbocycles. The Balaban J connectivity index is -0.000000114. The van der Waals surface area contributed by atoms with Crippen LogP contribution in [0.3, 0.4) is 0 Å². The molecule has 0 aliphatic carbocycles. The van der Waals surface area contributed by atoms with E-state index in [2.05, 4.69) is 5.32 Å². The SMILES string of the molecule is CC(=O)Nc1ccccc1.CO.Cl.Cl.Cl. The maximum absolute atomic E-state index is 10.5. The van der Waals surface area contributed by atoms with Crippen LogP contribution in [-0.4, -0.2) is 18.1 Å². The first-order chi connectivity index (χ1) is 5.79. The van der Waals surface area contributed by atoms with Gasteiger partial charge in [-0.3, -0.25) is 4.79 Å². The quantitative estimate of drug-likeness (QED) is 0.828. The van der Waals surface area contributed by atoms with E-state index in [1.54, 1.807) is 0 Å². The minimum atomic E-state index is -0.0359. The Bertz CT molecular complexity index is 232. The third kappa shape index (κ3) is 13.5. The zero-order valence-electron chi connectivity index (χ0n) is 8.47. The van der Waals surface area contributed by atoms with E-state index < -0.39 is 0 Å². The zero-order valence-corrected chi connectivity index (χ0v) is 10.9. The van der Waals surface area contributed by atoms with Gasteiger partial charge in [-0.05, 0) is 12.1 Å². The van der Waals surface area contributed by atoms with E-state index in [4.69, 9.17) is 5.11 Å². The second-order valence-electron chi connectivity index (χ2n) is 2.05. The first-order valence-electron chi connectivity index (χ1n) is 3.56. The lowest BCUT2D eigenvalue weighted by molar-refractivity contribution is -0.114. The summed E-state index contributed by atoms with van der Waals surface area (Å²) >= 11 is 0. The van der Waals surface area contributed by atoms with Crippen LogP contribution < -0.4 is 5.32 Å². The summed E-state index contributed by atoms with van der Waals surface area (Å²) in [6, 6.07) is 9.37. The van der Waals surface area contributed by atoms with E-state index in [-0.39, 0.29) is 43.1 Å². The summed E-state index contributed by atoms with van der Waals surface area (Å²) in [6.07, 6.45) is 0. The van der Waals surface area contributed by atoms with Crippen molar-refractivity contribution < 1.29 is 9.90 Å². The summed E-state index contributed by atoms with van der Waals surface area (Å²) in [5.41, 5.74) is 0.843. The summed E-state index contributed by atoms with van der Waals surface area (Å²) < 4.78 is 0. The van der Waals surface area contributed by atoms with Crippen molar-refractivity contribution in [2.45, 2.75) is 6.92 Å². The van der Waals surface area contributed by atoms with Crippen molar-refractivity contribution in [2.24, 2.45) is 0 Å². The van der Waals surface area contributed by atoms with Crippen LogP contribution in [0.15, 0.2) is 30.3 Å². The number of nitrogens with one attached hydrogen (secondary N) is 1. The van der Waals surface area contributed by atoms with Crippen molar-refractivity contribution >= 4 is 48.8 Å². The Morgan fingerprint density at radius 2 is 1.47 bits per heavy atom. The fourth-order valence-corrected chi connectivity index (χ4v) is 0.725. The van der Waals surface area contributed by atoms with Gasteiger partial charge in [0.25, 0.3) is 0 Å². The van der Waals surface area contributed by atoms with Crippen LogP contribution >= 0.6 is 37.2 Å². The van der Waals surface area contributed by atoms with Crippen molar-refractivity contribution in [3.05, 3.63) is 30.3 Å². The number of rotatable bonds is 1. The van der Waals surface area contributed by atoms with Gasteiger partial charge in [0.15, 0.2) is 0 Å². The highest BCUT2D eigenvalue weighted by Crippen LogP contribution is 2.03. The van der Waals surface area contributed by atoms with E-state index in [9.17, 15) is 4.79 Å². The number of carbonyl (C=O) groups excluding carboxylic acids is 1. The molecule has 1 amide bonds. The maximum Gasteiger partial charge on any atom is 0.221 e. The predicted octanol–water partition coefficient (Wildman–Crippen LogP) is 2.52. The Kier molecular flexibility index (Phi) is 25.5. The number of hydrogen-bond donors (Lipinski definition) is 2. The average Bonchev–Trinajstić information content (AvgIpc) is 2.08. The monoisotopic (exact) mass is 275 g/mol. The summed E-state index contributed by atoms with van der Waals surface area (Å²) in [5, 5.41) is 9.67. The standard InChI is InChI=1S/C8H9NO.CH4O.3ClH/c1-7(10)9-8-5-3-2-4-6-8;1-2;;;/h2-6H,1H3,(H,9,10);2H,1H3;3*1H. The van der Waals surface area contributed by atoms with Gasteiger partial charge in [0.2, 0.25) is 5.91 Å². The average molecular weight is 277 g/mol. The molecule has 0 aliphatic heterocycles. The van der Waals surface area contributed by atoms with Gasteiger partial charge in [-0.1, -0.05) is 18.2 Å². The van der Waals surface area contributed by atoms with Crippen LogP contribution in [0.5, 0.6) is 0 Å². The van der Waals surface area contributed by atoms with E-state index in [0.717, 1.165) is 12.8 Å². The van der Waals surface area contributed by atoms with Crippen LogP contribution in [0, 0.1) is 0 Å². The summed E-state index contributed by atoms with van der Waals surface area (Å²) in [7, 11) is 1.00. The number of amides is 1. The largest absolute Gasteiger partial charge is 0.400 e. The van der Waals surface area contributed by atoms with E-state index in [1.807, 2.05) is 30.3 Å². The highest BCUT2D eigenvalue weighted by molar-refractivity contribution is 5.88. The number of halogens is 3. The highest BCUT2D eigenvalue weighted by Gasteiger charge is 1.90. The zero-order chi connectivity index (χ0) is 9.40. The van der Waals surface area contributed by atoms with Crippen LogP contribution in [0.25, 0.3) is 0 Å². The molecule has 0 spiro atoms. The molecule has 15 heavy (non-hydrogen) atoms. The summed E-state index contributed by atoms with van der Waals surface area (Å²) in [5.74, 6) is -0.0359. The van der Waals surface area contributed by atoms with Crippen LogP contribution in [0.4, 0.5) is 5.69 Å². The van der Waals surface area contributed by atoms with E-state index >= 15 is 0 Å². The van der Waals surface area contributed by atoms with E-state index in [0.29, 0.717) is 0 Å².